The molecule has 0 amide bonds. The van der Waals surface area contributed by atoms with Gasteiger partial charge < -0.3 is 5.73 Å². The highest BCUT2D eigenvalue weighted by molar-refractivity contribution is 7.09. The number of aromatic nitrogens is 1. The third kappa shape index (κ3) is 1.81. The number of hydrogen-bond acceptors (Lipinski definition) is 3. The summed E-state index contributed by atoms with van der Waals surface area (Å²) in [5.41, 5.74) is 6.88. The first-order valence-corrected chi connectivity index (χ1v) is 3.37. The van der Waals surface area contributed by atoms with Gasteiger partial charge in [0.2, 0.25) is 0 Å². The van der Waals surface area contributed by atoms with Crippen molar-refractivity contribution in [3.05, 3.63) is 16.6 Å². The Bertz CT molecular complexity index is 192. The summed E-state index contributed by atoms with van der Waals surface area (Å²) < 4.78 is 0. The highest BCUT2D eigenvalue weighted by Gasteiger charge is 1.94. The molecule has 0 spiro atoms. The summed E-state index contributed by atoms with van der Waals surface area (Å²) in [6.45, 7) is 0. The largest absolute Gasteiger partial charge is 0.387 e. The summed E-state index contributed by atoms with van der Waals surface area (Å²) >= 11 is 1.52. The van der Waals surface area contributed by atoms with Crippen LogP contribution in [0.2, 0.25) is 0 Å². The Morgan fingerprint density at radius 3 is 3.11 bits per heavy atom. The molecule has 0 aromatic carbocycles. The molecular formula is C5H7N3S. The highest BCUT2D eigenvalue weighted by atomic mass is 32.1. The molecule has 0 bridgehead atoms. The zero-order chi connectivity index (χ0) is 6.69. The van der Waals surface area contributed by atoms with Crippen LogP contribution >= 0.6 is 11.3 Å². The van der Waals surface area contributed by atoms with Crippen molar-refractivity contribution < 1.29 is 0 Å². The zero-order valence-corrected chi connectivity index (χ0v) is 5.61. The third-order valence-electron chi connectivity index (χ3n) is 0.848. The lowest BCUT2D eigenvalue weighted by molar-refractivity contribution is 1.26. The molecule has 0 aliphatic rings. The second-order valence-corrected chi connectivity index (χ2v) is 2.64. The molecule has 0 aliphatic carbocycles. The second-order valence-electron chi connectivity index (χ2n) is 1.67. The molecule has 0 fully saturated rings. The van der Waals surface area contributed by atoms with Crippen LogP contribution in [-0.2, 0) is 6.42 Å². The summed E-state index contributed by atoms with van der Waals surface area (Å²) in [6, 6.07) is 0. The van der Waals surface area contributed by atoms with Crippen LogP contribution in [0, 0.1) is 5.41 Å². The fourth-order valence-electron chi connectivity index (χ4n) is 0.517. The quantitative estimate of drug-likeness (QED) is 0.468. The van der Waals surface area contributed by atoms with Crippen LogP contribution in [0.1, 0.15) is 4.88 Å². The van der Waals surface area contributed by atoms with Crippen molar-refractivity contribution in [2.75, 3.05) is 0 Å². The van der Waals surface area contributed by atoms with E-state index in [2.05, 4.69) is 4.98 Å². The van der Waals surface area contributed by atoms with Gasteiger partial charge >= 0.3 is 0 Å². The number of nitrogens with zero attached hydrogens (tertiary/aromatic N) is 1. The number of hydrogen-bond donors (Lipinski definition) is 2. The van der Waals surface area contributed by atoms with E-state index in [1.807, 2.05) is 0 Å². The fourth-order valence-corrected chi connectivity index (χ4v) is 1.13. The lowest BCUT2D eigenvalue weighted by Gasteiger charge is -1.89. The Balaban J connectivity index is 2.58. The topological polar surface area (TPSA) is 62.8 Å². The lowest BCUT2D eigenvalue weighted by atomic mass is 10.4. The Morgan fingerprint density at radius 1 is 1.89 bits per heavy atom. The first-order valence-electron chi connectivity index (χ1n) is 2.49. The fraction of sp³-hybridized carbons (Fsp3) is 0.200. The third-order valence-corrected chi connectivity index (χ3v) is 1.63. The molecule has 1 aromatic rings. The van der Waals surface area contributed by atoms with Crippen molar-refractivity contribution in [1.29, 1.82) is 5.41 Å². The maximum absolute atomic E-state index is 6.93. The Labute approximate surface area is 57.0 Å². The first kappa shape index (κ1) is 6.22. The van der Waals surface area contributed by atoms with Gasteiger partial charge in [0.15, 0.2) is 0 Å². The minimum atomic E-state index is 0.194. The van der Waals surface area contributed by atoms with Gasteiger partial charge in [0, 0.05) is 17.5 Å². The molecule has 0 saturated heterocycles. The van der Waals surface area contributed by atoms with E-state index in [9.17, 15) is 0 Å². The Morgan fingerprint density at radius 2 is 2.67 bits per heavy atom. The van der Waals surface area contributed by atoms with Gasteiger partial charge in [-0.1, -0.05) is 0 Å². The van der Waals surface area contributed by atoms with E-state index in [0.29, 0.717) is 6.42 Å². The molecule has 4 heteroatoms. The van der Waals surface area contributed by atoms with Crippen LogP contribution in [0.5, 0.6) is 0 Å². The minimum Gasteiger partial charge on any atom is -0.387 e. The predicted octanol–water partition coefficient (Wildman–Crippen LogP) is 0.622. The normalized spacial score (nSPS) is 9.33. The second kappa shape index (κ2) is 2.59. The van der Waals surface area contributed by atoms with Crippen molar-refractivity contribution in [1.82, 2.24) is 4.98 Å². The SMILES string of the molecule is N=C(N)Cc1cncs1. The number of amidine groups is 1. The van der Waals surface area contributed by atoms with Crippen molar-refractivity contribution in [3.63, 3.8) is 0 Å². The maximum atomic E-state index is 6.93. The van der Waals surface area contributed by atoms with Crippen LogP contribution in [0.4, 0.5) is 0 Å². The van der Waals surface area contributed by atoms with Crippen LogP contribution in [0.15, 0.2) is 11.7 Å². The smallest absolute Gasteiger partial charge is 0.0959 e. The molecule has 0 saturated carbocycles. The lowest BCUT2D eigenvalue weighted by Crippen LogP contribution is -2.11. The van der Waals surface area contributed by atoms with Crippen molar-refractivity contribution in [2.45, 2.75) is 6.42 Å². The van der Waals surface area contributed by atoms with Crippen molar-refractivity contribution >= 4 is 17.2 Å². The predicted molar refractivity (Wildman–Crippen MR) is 37.7 cm³/mol. The van der Waals surface area contributed by atoms with Crippen LogP contribution in [0.3, 0.4) is 0 Å². The molecule has 0 radical (unpaired) electrons. The monoisotopic (exact) mass is 141 g/mol. The van der Waals surface area contributed by atoms with Crippen LogP contribution in [-0.4, -0.2) is 10.8 Å². The van der Waals surface area contributed by atoms with Crippen molar-refractivity contribution in [2.24, 2.45) is 5.73 Å². The van der Waals surface area contributed by atoms with E-state index in [4.69, 9.17) is 11.1 Å². The van der Waals surface area contributed by atoms with Gasteiger partial charge in [0.1, 0.15) is 0 Å². The average Bonchev–Trinajstić information content (AvgIpc) is 2.15. The number of nitrogens with one attached hydrogen (secondary N) is 1. The molecule has 0 unspecified atom stereocenters. The van der Waals surface area contributed by atoms with Gasteiger partial charge in [-0.3, -0.25) is 10.4 Å². The summed E-state index contributed by atoms with van der Waals surface area (Å²) in [4.78, 5) is 4.89. The molecule has 1 rings (SSSR count). The van der Waals surface area contributed by atoms with Gasteiger partial charge in [-0.25, -0.2) is 0 Å². The van der Waals surface area contributed by atoms with Gasteiger partial charge in [0.05, 0.1) is 11.3 Å². The summed E-state index contributed by atoms with van der Waals surface area (Å²) in [7, 11) is 0. The van der Waals surface area contributed by atoms with E-state index in [1.165, 1.54) is 11.3 Å². The maximum Gasteiger partial charge on any atom is 0.0959 e. The first-order chi connectivity index (χ1) is 4.29. The molecule has 48 valence electrons. The highest BCUT2D eigenvalue weighted by Crippen LogP contribution is 2.04. The standard InChI is InChI=1S/C5H7N3S/c6-5(7)1-4-2-8-3-9-4/h2-3H,1H2,(H3,6,7). The van der Waals surface area contributed by atoms with Crippen LogP contribution in [0.25, 0.3) is 0 Å². The van der Waals surface area contributed by atoms with Crippen LogP contribution < -0.4 is 5.73 Å². The summed E-state index contributed by atoms with van der Waals surface area (Å²) in [5, 5.41) is 6.93. The number of rotatable bonds is 2. The molecule has 1 aromatic heterocycles. The molecule has 1 heterocycles. The molecule has 9 heavy (non-hydrogen) atoms. The van der Waals surface area contributed by atoms with Gasteiger partial charge in [0.25, 0.3) is 0 Å². The minimum absolute atomic E-state index is 0.194. The average molecular weight is 141 g/mol. The van der Waals surface area contributed by atoms with Gasteiger partial charge in [-0.05, 0) is 0 Å². The van der Waals surface area contributed by atoms with E-state index in [-0.39, 0.29) is 5.84 Å². The number of thiazole rings is 1. The summed E-state index contributed by atoms with van der Waals surface area (Å²) in [5.74, 6) is 0.194. The summed E-state index contributed by atoms with van der Waals surface area (Å²) in [6.07, 6.45) is 2.26. The van der Waals surface area contributed by atoms with E-state index < -0.39 is 0 Å². The molecule has 0 atom stereocenters. The van der Waals surface area contributed by atoms with E-state index in [0.717, 1.165) is 4.88 Å². The van der Waals surface area contributed by atoms with Gasteiger partial charge in [-0.15, -0.1) is 11.3 Å². The van der Waals surface area contributed by atoms with Gasteiger partial charge in [-0.2, -0.15) is 0 Å². The number of nitrogens with two attached hydrogens (primary N) is 1. The molecule has 3 N–H and O–H groups in total. The molecule has 3 nitrogen and oxygen atoms in total. The zero-order valence-electron chi connectivity index (χ0n) is 4.79. The van der Waals surface area contributed by atoms with E-state index in [1.54, 1.807) is 11.7 Å². The van der Waals surface area contributed by atoms with E-state index >= 15 is 0 Å². The molecule has 0 aliphatic heterocycles. The van der Waals surface area contributed by atoms with Crippen molar-refractivity contribution in [3.8, 4) is 0 Å². The Hall–Kier alpha value is -0.900. The Kier molecular flexibility index (Phi) is 1.79. The molecular weight excluding hydrogens is 134 g/mol.